The van der Waals surface area contributed by atoms with Crippen LogP contribution in [0.2, 0.25) is 0 Å². The number of aromatic hydroxyl groups is 1. The molecule has 5 nitrogen and oxygen atoms in total. The first-order valence-corrected chi connectivity index (χ1v) is 7.95. The Morgan fingerprint density at radius 1 is 1.00 bits per heavy atom. The summed E-state index contributed by atoms with van der Waals surface area (Å²) in [6.45, 7) is 12.1. The number of phenolic OH excluding ortho intramolecular Hbond substituents is 1. The molecule has 0 atom stereocenters. The average Bonchev–Trinajstić information content (AvgIpc) is 2.46. The number of rotatable bonds is 2. The fourth-order valence-corrected chi connectivity index (χ4v) is 2.46. The lowest BCUT2D eigenvalue weighted by Gasteiger charge is -2.28. The molecule has 1 aromatic carbocycles. The van der Waals surface area contributed by atoms with E-state index in [0.717, 1.165) is 11.1 Å². The molecule has 1 aromatic heterocycles. The number of benzene rings is 1. The summed E-state index contributed by atoms with van der Waals surface area (Å²) in [5.74, 6) is 0.378. The molecule has 1 amide bonds. The monoisotopic (exact) mass is 327 g/mol. The summed E-state index contributed by atoms with van der Waals surface area (Å²) in [4.78, 5) is 20.6. The summed E-state index contributed by atoms with van der Waals surface area (Å²) in [5.41, 5.74) is 1.42. The molecule has 0 spiro atoms. The molecule has 0 bridgehead atoms. The first-order valence-electron chi connectivity index (χ1n) is 7.95. The third kappa shape index (κ3) is 3.91. The molecule has 128 valence electrons. The molecule has 0 saturated heterocycles. The highest BCUT2D eigenvalue weighted by Crippen LogP contribution is 2.39. The van der Waals surface area contributed by atoms with Gasteiger partial charge in [-0.1, -0.05) is 41.5 Å². The van der Waals surface area contributed by atoms with Crippen molar-refractivity contribution in [2.24, 2.45) is 0 Å². The molecule has 0 unspecified atom stereocenters. The highest BCUT2D eigenvalue weighted by molar-refractivity contribution is 6.04. The first-order chi connectivity index (χ1) is 11.0. The molecular formula is C19H25N3O2. The van der Waals surface area contributed by atoms with Crippen molar-refractivity contribution in [3.63, 3.8) is 0 Å². The second-order valence-electron chi connectivity index (χ2n) is 7.96. The van der Waals surface area contributed by atoms with Crippen LogP contribution < -0.4 is 5.32 Å². The molecule has 24 heavy (non-hydrogen) atoms. The number of hydrogen-bond acceptors (Lipinski definition) is 4. The molecule has 2 N–H and O–H groups in total. The summed E-state index contributed by atoms with van der Waals surface area (Å²) >= 11 is 0. The lowest BCUT2D eigenvalue weighted by Crippen LogP contribution is -2.21. The Morgan fingerprint density at radius 3 is 1.96 bits per heavy atom. The van der Waals surface area contributed by atoms with Crippen LogP contribution in [0.4, 0.5) is 5.82 Å². The standard InChI is InChI=1S/C19H25N3O2/c1-18(2,3)13-9-12(10-14(16(13)23)19(4,5)6)17(24)22-15-11-20-7-8-21-15/h7-11,23H,1-6H3,(H,21,22,24). The third-order valence-electron chi connectivity index (χ3n) is 3.79. The second-order valence-corrected chi connectivity index (χ2v) is 7.96. The number of nitrogens with one attached hydrogen (secondary N) is 1. The van der Waals surface area contributed by atoms with Gasteiger partial charge < -0.3 is 10.4 Å². The second kappa shape index (κ2) is 6.23. The molecular weight excluding hydrogens is 302 g/mol. The van der Waals surface area contributed by atoms with Gasteiger partial charge in [-0.3, -0.25) is 9.78 Å². The Hall–Kier alpha value is -2.43. The Balaban J connectivity index is 2.52. The van der Waals surface area contributed by atoms with E-state index in [1.165, 1.54) is 12.4 Å². The molecule has 0 aliphatic heterocycles. The molecule has 0 saturated carbocycles. The van der Waals surface area contributed by atoms with Crippen LogP contribution in [-0.4, -0.2) is 21.0 Å². The van der Waals surface area contributed by atoms with Gasteiger partial charge in [0.15, 0.2) is 5.82 Å². The number of carbonyl (C=O) groups is 1. The maximum absolute atomic E-state index is 12.6. The minimum atomic E-state index is -0.285. The molecule has 0 aliphatic rings. The van der Waals surface area contributed by atoms with E-state index in [4.69, 9.17) is 0 Å². The van der Waals surface area contributed by atoms with Crippen LogP contribution in [0.5, 0.6) is 5.75 Å². The number of nitrogens with zero attached hydrogens (tertiary/aromatic N) is 2. The van der Waals surface area contributed by atoms with Crippen molar-refractivity contribution in [3.05, 3.63) is 47.4 Å². The lowest BCUT2D eigenvalue weighted by atomic mass is 9.78. The highest BCUT2D eigenvalue weighted by atomic mass is 16.3. The van der Waals surface area contributed by atoms with E-state index in [1.807, 2.05) is 41.5 Å². The first kappa shape index (κ1) is 17.9. The molecule has 2 rings (SSSR count). The van der Waals surface area contributed by atoms with Crippen molar-refractivity contribution >= 4 is 11.7 Å². The van der Waals surface area contributed by atoms with E-state index in [9.17, 15) is 9.90 Å². The predicted octanol–water partition coefficient (Wildman–Crippen LogP) is 4.03. The normalized spacial score (nSPS) is 12.1. The van der Waals surface area contributed by atoms with Crippen LogP contribution >= 0.6 is 0 Å². The van der Waals surface area contributed by atoms with Crippen LogP contribution in [0.15, 0.2) is 30.7 Å². The quantitative estimate of drug-likeness (QED) is 0.873. The topological polar surface area (TPSA) is 75.1 Å². The van der Waals surface area contributed by atoms with Crippen LogP contribution in [0, 0.1) is 0 Å². The van der Waals surface area contributed by atoms with Crippen molar-refractivity contribution in [2.75, 3.05) is 5.32 Å². The SMILES string of the molecule is CC(C)(C)c1cc(C(=O)Nc2cnccn2)cc(C(C)(C)C)c1O. The van der Waals surface area contributed by atoms with Gasteiger partial charge in [0.1, 0.15) is 5.75 Å². The highest BCUT2D eigenvalue weighted by Gasteiger charge is 2.27. The van der Waals surface area contributed by atoms with Crippen LogP contribution in [0.25, 0.3) is 0 Å². The molecule has 5 heteroatoms. The number of anilines is 1. The largest absolute Gasteiger partial charge is 0.507 e. The number of amides is 1. The maximum atomic E-state index is 12.6. The zero-order chi connectivity index (χ0) is 18.1. The third-order valence-corrected chi connectivity index (χ3v) is 3.79. The van der Waals surface area contributed by atoms with E-state index < -0.39 is 0 Å². The van der Waals surface area contributed by atoms with E-state index in [0.29, 0.717) is 11.4 Å². The molecule has 0 aliphatic carbocycles. The fourth-order valence-electron chi connectivity index (χ4n) is 2.46. The van der Waals surface area contributed by atoms with Gasteiger partial charge in [0.25, 0.3) is 5.91 Å². The smallest absolute Gasteiger partial charge is 0.256 e. The Kier molecular flexibility index (Phi) is 4.65. The average molecular weight is 327 g/mol. The number of carbonyl (C=O) groups excluding carboxylic acids is 1. The Morgan fingerprint density at radius 2 is 1.54 bits per heavy atom. The summed E-state index contributed by atoms with van der Waals surface area (Å²) in [6, 6.07) is 3.49. The van der Waals surface area contributed by atoms with Gasteiger partial charge in [0.2, 0.25) is 0 Å². The number of aromatic nitrogens is 2. The van der Waals surface area contributed by atoms with Gasteiger partial charge in [-0.2, -0.15) is 0 Å². The van der Waals surface area contributed by atoms with E-state index in [2.05, 4.69) is 15.3 Å². The lowest BCUT2D eigenvalue weighted by molar-refractivity contribution is 0.102. The summed E-state index contributed by atoms with van der Waals surface area (Å²) < 4.78 is 0. The van der Waals surface area contributed by atoms with Crippen LogP contribution in [-0.2, 0) is 10.8 Å². The molecule has 1 heterocycles. The number of hydrogen-bond donors (Lipinski definition) is 2. The zero-order valence-corrected chi connectivity index (χ0v) is 15.1. The van der Waals surface area contributed by atoms with Gasteiger partial charge in [-0.25, -0.2) is 4.98 Å². The fraction of sp³-hybridized carbons (Fsp3) is 0.421. The van der Waals surface area contributed by atoms with Gasteiger partial charge >= 0.3 is 0 Å². The van der Waals surface area contributed by atoms with Gasteiger partial charge in [0, 0.05) is 29.1 Å². The minimum Gasteiger partial charge on any atom is -0.507 e. The zero-order valence-electron chi connectivity index (χ0n) is 15.1. The Labute approximate surface area is 143 Å². The summed E-state index contributed by atoms with van der Waals surface area (Å²) in [6.07, 6.45) is 4.56. The number of phenols is 1. The van der Waals surface area contributed by atoms with E-state index in [1.54, 1.807) is 18.3 Å². The predicted molar refractivity (Wildman–Crippen MR) is 95.5 cm³/mol. The molecule has 2 aromatic rings. The van der Waals surface area contributed by atoms with Crippen molar-refractivity contribution in [2.45, 2.75) is 52.4 Å². The van der Waals surface area contributed by atoms with Gasteiger partial charge in [-0.15, -0.1) is 0 Å². The summed E-state index contributed by atoms with van der Waals surface area (Å²) in [5, 5.41) is 13.4. The van der Waals surface area contributed by atoms with Crippen molar-refractivity contribution in [1.82, 2.24) is 9.97 Å². The van der Waals surface area contributed by atoms with Crippen molar-refractivity contribution < 1.29 is 9.90 Å². The van der Waals surface area contributed by atoms with E-state index in [-0.39, 0.29) is 22.5 Å². The minimum absolute atomic E-state index is 0.256. The van der Waals surface area contributed by atoms with Gasteiger partial charge in [-0.05, 0) is 23.0 Å². The van der Waals surface area contributed by atoms with Gasteiger partial charge in [0.05, 0.1) is 6.20 Å². The van der Waals surface area contributed by atoms with Crippen LogP contribution in [0.3, 0.4) is 0 Å². The summed E-state index contributed by atoms with van der Waals surface area (Å²) in [7, 11) is 0. The van der Waals surface area contributed by atoms with Crippen molar-refractivity contribution in [1.29, 1.82) is 0 Å². The molecule has 0 fully saturated rings. The van der Waals surface area contributed by atoms with Crippen LogP contribution in [0.1, 0.15) is 63.0 Å². The molecule has 0 radical (unpaired) electrons. The maximum Gasteiger partial charge on any atom is 0.256 e. The van der Waals surface area contributed by atoms with Crippen molar-refractivity contribution in [3.8, 4) is 5.75 Å². The van der Waals surface area contributed by atoms with E-state index >= 15 is 0 Å². The Bertz CT molecular complexity index is 706.